The van der Waals surface area contributed by atoms with E-state index in [-0.39, 0.29) is 5.91 Å². The number of piperazine rings is 1. The maximum Gasteiger partial charge on any atom is 0.253 e. The fraction of sp³-hybridized carbons (Fsp3) is 0.190. The van der Waals surface area contributed by atoms with Gasteiger partial charge in [-0.1, -0.05) is 41.0 Å². The molecule has 5 nitrogen and oxygen atoms in total. The third-order valence-electron chi connectivity index (χ3n) is 4.62. The summed E-state index contributed by atoms with van der Waals surface area (Å²) in [5, 5.41) is 1.97. The van der Waals surface area contributed by atoms with Gasteiger partial charge in [0.2, 0.25) is 0 Å². The number of aromatic nitrogens is 2. The smallest absolute Gasteiger partial charge is 0.253 e. The van der Waals surface area contributed by atoms with Crippen molar-refractivity contribution in [1.82, 2.24) is 14.9 Å². The quantitative estimate of drug-likeness (QED) is 0.572. The lowest BCUT2D eigenvalue weighted by atomic mass is 10.2. The van der Waals surface area contributed by atoms with Crippen molar-refractivity contribution in [2.24, 2.45) is 0 Å². The molecule has 29 heavy (non-hydrogen) atoms. The molecule has 1 saturated heterocycles. The average molecular weight is 445 g/mol. The molecule has 8 heteroatoms. The van der Waals surface area contributed by atoms with Gasteiger partial charge in [0.05, 0.1) is 10.0 Å². The molecule has 0 bridgehead atoms. The molecule has 0 aliphatic carbocycles. The number of carbonyl (C=O) groups excluding carboxylic acids is 1. The average Bonchev–Trinajstić information content (AvgIpc) is 2.75. The second-order valence-electron chi connectivity index (χ2n) is 6.53. The van der Waals surface area contributed by atoms with Crippen LogP contribution in [0.2, 0.25) is 10.0 Å². The topological polar surface area (TPSA) is 49.3 Å². The van der Waals surface area contributed by atoms with E-state index in [4.69, 9.17) is 23.2 Å². The zero-order valence-corrected chi connectivity index (χ0v) is 17.8. The van der Waals surface area contributed by atoms with E-state index in [1.807, 2.05) is 47.4 Å². The summed E-state index contributed by atoms with van der Waals surface area (Å²) in [5.74, 6) is 0.744. The molecular formula is C21H18Cl2N4OS. The van der Waals surface area contributed by atoms with Gasteiger partial charge < -0.3 is 9.80 Å². The van der Waals surface area contributed by atoms with Crippen molar-refractivity contribution in [3.8, 4) is 0 Å². The molecule has 0 saturated carbocycles. The maximum absolute atomic E-state index is 12.9. The highest BCUT2D eigenvalue weighted by molar-refractivity contribution is 7.99. The molecule has 1 fully saturated rings. The van der Waals surface area contributed by atoms with Crippen LogP contribution in [0.15, 0.2) is 70.8 Å². The molecule has 148 valence electrons. The third kappa shape index (κ3) is 4.83. The Bertz CT molecular complexity index is 993. The van der Waals surface area contributed by atoms with Crippen LogP contribution >= 0.6 is 35.0 Å². The maximum atomic E-state index is 12.9. The molecular weight excluding hydrogens is 427 g/mol. The first-order valence-corrected chi connectivity index (χ1v) is 10.7. The minimum absolute atomic E-state index is 0.0363. The minimum Gasteiger partial charge on any atom is -0.352 e. The summed E-state index contributed by atoms with van der Waals surface area (Å²) in [6, 6.07) is 15.2. The zero-order valence-electron chi connectivity index (χ0n) is 15.5. The first-order valence-electron chi connectivity index (χ1n) is 9.14. The van der Waals surface area contributed by atoms with Crippen LogP contribution < -0.4 is 4.90 Å². The van der Waals surface area contributed by atoms with Gasteiger partial charge >= 0.3 is 0 Å². The number of hydrogen-bond donors (Lipinski definition) is 0. The molecule has 0 spiro atoms. The molecule has 1 aliphatic heterocycles. The number of nitrogens with zero attached hydrogens (tertiary/aromatic N) is 4. The molecule has 0 N–H and O–H groups in total. The SMILES string of the molecule is O=C(c1ccc(Sc2ccccn2)cc1)N1CCN(c2ncc(Cl)cc2Cl)CC1. The van der Waals surface area contributed by atoms with Crippen molar-refractivity contribution in [1.29, 1.82) is 0 Å². The van der Waals surface area contributed by atoms with Crippen molar-refractivity contribution in [3.05, 3.63) is 76.5 Å². The van der Waals surface area contributed by atoms with E-state index < -0.39 is 0 Å². The monoisotopic (exact) mass is 444 g/mol. The standard InChI is InChI=1S/C21H18Cl2N4OS/c22-16-13-18(23)20(25-14-16)26-9-11-27(12-10-26)21(28)15-4-6-17(7-5-15)29-19-3-1-2-8-24-19/h1-8,13-14H,9-12H2. The third-order valence-corrected chi connectivity index (χ3v) is 6.06. The van der Waals surface area contributed by atoms with E-state index in [1.165, 1.54) is 0 Å². The molecule has 1 amide bonds. The van der Waals surface area contributed by atoms with Crippen molar-refractivity contribution in [2.45, 2.75) is 9.92 Å². The van der Waals surface area contributed by atoms with E-state index in [0.29, 0.717) is 47.6 Å². The number of benzene rings is 1. The van der Waals surface area contributed by atoms with Crippen molar-refractivity contribution in [2.75, 3.05) is 31.1 Å². The van der Waals surface area contributed by atoms with Crippen LogP contribution in [0.25, 0.3) is 0 Å². The summed E-state index contributed by atoms with van der Waals surface area (Å²) in [7, 11) is 0. The van der Waals surface area contributed by atoms with Crippen LogP contribution in [0, 0.1) is 0 Å². The van der Waals surface area contributed by atoms with Crippen molar-refractivity contribution in [3.63, 3.8) is 0 Å². The number of carbonyl (C=O) groups is 1. The molecule has 0 radical (unpaired) electrons. The van der Waals surface area contributed by atoms with Gasteiger partial charge in [0.15, 0.2) is 0 Å². The van der Waals surface area contributed by atoms with Crippen LogP contribution in [0.3, 0.4) is 0 Å². The first kappa shape index (κ1) is 20.0. The van der Waals surface area contributed by atoms with Crippen LogP contribution in [-0.2, 0) is 0 Å². The largest absolute Gasteiger partial charge is 0.352 e. The lowest BCUT2D eigenvalue weighted by Crippen LogP contribution is -2.49. The Balaban J connectivity index is 1.37. The van der Waals surface area contributed by atoms with E-state index >= 15 is 0 Å². The Morgan fingerprint density at radius 3 is 2.38 bits per heavy atom. The summed E-state index contributed by atoms with van der Waals surface area (Å²) < 4.78 is 0. The van der Waals surface area contributed by atoms with Gasteiger partial charge in [-0.15, -0.1) is 0 Å². The van der Waals surface area contributed by atoms with E-state index in [1.54, 1.807) is 30.2 Å². The highest BCUT2D eigenvalue weighted by Crippen LogP contribution is 2.28. The Kier molecular flexibility index (Phi) is 6.23. The lowest BCUT2D eigenvalue weighted by molar-refractivity contribution is 0.0746. The van der Waals surface area contributed by atoms with Gasteiger partial charge in [0.25, 0.3) is 5.91 Å². The van der Waals surface area contributed by atoms with E-state index in [9.17, 15) is 4.79 Å². The molecule has 0 atom stereocenters. The zero-order chi connectivity index (χ0) is 20.2. The van der Waals surface area contributed by atoms with Crippen molar-refractivity contribution < 1.29 is 4.79 Å². The van der Waals surface area contributed by atoms with Gasteiger partial charge in [-0.05, 0) is 42.5 Å². The molecule has 4 rings (SSSR count). The molecule has 1 aliphatic rings. The number of pyridine rings is 2. The number of amides is 1. The molecule has 0 unspecified atom stereocenters. The van der Waals surface area contributed by atoms with Gasteiger partial charge in [-0.2, -0.15) is 0 Å². The van der Waals surface area contributed by atoms with E-state index in [2.05, 4.69) is 14.9 Å². The second-order valence-corrected chi connectivity index (χ2v) is 8.47. The Labute approximate surface area is 183 Å². The molecule has 2 aromatic heterocycles. The Hall–Kier alpha value is -2.28. The highest BCUT2D eigenvalue weighted by Gasteiger charge is 2.24. The molecule has 3 heterocycles. The summed E-state index contributed by atoms with van der Waals surface area (Å²) in [6.45, 7) is 2.58. The van der Waals surface area contributed by atoms with Crippen LogP contribution in [0.1, 0.15) is 10.4 Å². The molecule has 3 aromatic rings. The fourth-order valence-electron chi connectivity index (χ4n) is 3.14. The molecule has 1 aromatic carbocycles. The summed E-state index contributed by atoms with van der Waals surface area (Å²) in [5.41, 5.74) is 0.687. The Morgan fingerprint density at radius 1 is 0.966 bits per heavy atom. The van der Waals surface area contributed by atoms with Gasteiger partial charge in [0.1, 0.15) is 10.8 Å². The first-order chi connectivity index (χ1) is 14.1. The minimum atomic E-state index is 0.0363. The fourth-order valence-corrected chi connectivity index (χ4v) is 4.41. The van der Waals surface area contributed by atoms with Gasteiger partial charge in [0, 0.05) is 49.0 Å². The van der Waals surface area contributed by atoms with Crippen molar-refractivity contribution >= 4 is 46.7 Å². The van der Waals surface area contributed by atoms with Gasteiger partial charge in [-0.3, -0.25) is 4.79 Å². The summed E-state index contributed by atoms with van der Waals surface area (Å²) in [6.07, 6.45) is 3.36. The van der Waals surface area contributed by atoms with Gasteiger partial charge in [-0.25, -0.2) is 9.97 Å². The Morgan fingerprint density at radius 2 is 1.72 bits per heavy atom. The summed E-state index contributed by atoms with van der Waals surface area (Å²) >= 11 is 13.7. The number of halogens is 2. The number of hydrogen-bond acceptors (Lipinski definition) is 5. The number of anilines is 1. The van der Waals surface area contributed by atoms with Crippen LogP contribution in [0.4, 0.5) is 5.82 Å². The highest BCUT2D eigenvalue weighted by atomic mass is 35.5. The predicted molar refractivity (Wildman–Crippen MR) is 117 cm³/mol. The number of rotatable bonds is 4. The summed E-state index contributed by atoms with van der Waals surface area (Å²) in [4.78, 5) is 26.5. The lowest BCUT2D eigenvalue weighted by Gasteiger charge is -2.35. The normalized spacial score (nSPS) is 14.1. The van der Waals surface area contributed by atoms with Crippen LogP contribution in [-0.4, -0.2) is 47.0 Å². The van der Waals surface area contributed by atoms with Crippen LogP contribution in [0.5, 0.6) is 0 Å². The second kappa shape index (κ2) is 9.03. The van der Waals surface area contributed by atoms with E-state index in [0.717, 1.165) is 9.92 Å². The predicted octanol–water partition coefficient (Wildman–Crippen LogP) is 4.90.